The first-order valence-corrected chi connectivity index (χ1v) is 7.85. The van der Waals surface area contributed by atoms with Crippen LogP contribution in [0.2, 0.25) is 0 Å². The van der Waals surface area contributed by atoms with Crippen molar-refractivity contribution in [2.75, 3.05) is 37.2 Å². The molecule has 0 radical (unpaired) electrons. The summed E-state index contributed by atoms with van der Waals surface area (Å²) in [4.78, 5) is 0. The summed E-state index contributed by atoms with van der Waals surface area (Å²) in [6.45, 7) is 2.53. The maximum atomic E-state index is 9.02. The van der Waals surface area contributed by atoms with Crippen molar-refractivity contribution in [3.8, 4) is 0 Å². The largest absolute Gasteiger partial charge is 0.394 e. The fraction of sp³-hybridized carbons (Fsp3) is 1.00. The molecule has 0 bridgehead atoms. The van der Waals surface area contributed by atoms with Crippen molar-refractivity contribution >= 4 is 23.5 Å². The second-order valence-electron chi connectivity index (χ2n) is 3.86. The molecule has 0 saturated carbocycles. The zero-order valence-electron chi connectivity index (χ0n) is 9.56. The summed E-state index contributed by atoms with van der Waals surface area (Å²) < 4.78 is 11.5. The quantitative estimate of drug-likeness (QED) is 0.774. The van der Waals surface area contributed by atoms with Gasteiger partial charge in [-0.3, -0.25) is 0 Å². The number of hydrogen-bond acceptors (Lipinski definition) is 5. The predicted molar refractivity (Wildman–Crippen MR) is 66.6 cm³/mol. The maximum Gasteiger partial charge on any atom is 0.170 e. The first kappa shape index (κ1) is 13.6. The number of aliphatic hydroxyl groups is 1. The molecule has 2 unspecified atom stereocenters. The second-order valence-corrected chi connectivity index (χ2v) is 5.68. The lowest BCUT2D eigenvalue weighted by Gasteiger charge is -2.32. The smallest absolute Gasteiger partial charge is 0.170 e. The number of aliphatic hydroxyl groups excluding tert-OH is 1. The fourth-order valence-corrected chi connectivity index (χ4v) is 3.51. The number of rotatable bonds is 6. The molecular formula is C10H20O3S2. The average Bonchev–Trinajstić information content (AvgIpc) is 2.61. The van der Waals surface area contributed by atoms with Crippen LogP contribution >= 0.6 is 23.5 Å². The minimum Gasteiger partial charge on any atom is -0.394 e. The van der Waals surface area contributed by atoms with Crippen LogP contribution in [-0.2, 0) is 9.47 Å². The summed E-state index contributed by atoms with van der Waals surface area (Å²) in [6.07, 6.45) is 4.03. The molecular weight excluding hydrogens is 232 g/mol. The van der Waals surface area contributed by atoms with E-state index in [9.17, 15) is 0 Å². The standard InChI is InChI=1S/C10H20O3S2/c1-10(8(6-14-2)7-15-3)12-5-9(4-11)13-10/h8-9,11H,4-7H2,1-3H3. The summed E-state index contributed by atoms with van der Waals surface area (Å²) >= 11 is 3.62. The Kier molecular flexibility index (Phi) is 5.77. The first-order valence-electron chi connectivity index (χ1n) is 5.06. The van der Waals surface area contributed by atoms with Crippen LogP contribution in [0.25, 0.3) is 0 Å². The molecule has 1 rings (SSSR count). The summed E-state index contributed by atoms with van der Waals surface area (Å²) in [7, 11) is 0. The van der Waals surface area contributed by atoms with Crippen molar-refractivity contribution in [3.05, 3.63) is 0 Å². The molecule has 0 aliphatic carbocycles. The molecule has 90 valence electrons. The zero-order valence-corrected chi connectivity index (χ0v) is 11.2. The molecule has 1 aliphatic rings. The van der Waals surface area contributed by atoms with Crippen molar-refractivity contribution < 1.29 is 14.6 Å². The normalized spacial score (nSPS) is 31.4. The Balaban J connectivity index is 2.57. The number of ether oxygens (including phenoxy) is 2. The van der Waals surface area contributed by atoms with Crippen LogP contribution in [-0.4, -0.2) is 54.2 Å². The van der Waals surface area contributed by atoms with E-state index in [0.717, 1.165) is 11.5 Å². The predicted octanol–water partition coefficient (Wildman–Crippen LogP) is 1.45. The Morgan fingerprint density at radius 3 is 2.40 bits per heavy atom. The molecule has 1 aliphatic heterocycles. The van der Waals surface area contributed by atoms with Crippen LogP contribution in [0.1, 0.15) is 6.92 Å². The highest BCUT2D eigenvalue weighted by atomic mass is 32.2. The van der Waals surface area contributed by atoms with Gasteiger partial charge in [-0.1, -0.05) is 0 Å². The van der Waals surface area contributed by atoms with Crippen LogP contribution in [0.15, 0.2) is 0 Å². The summed E-state index contributed by atoms with van der Waals surface area (Å²) in [6, 6.07) is 0. The molecule has 1 fully saturated rings. The monoisotopic (exact) mass is 252 g/mol. The first-order chi connectivity index (χ1) is 7.16. The van der Waals surface area contributed by atoms with E-state index in [1.165, 1.54) is 0 Å². The SMILES string of the molecule is CSCC(CSC)C1(C)OCC(CO)O1. The molecule has 0 amide bonds. The molecule has 5 heteroatoms. The molecule has 3 nitrogen and oxygen atoms in total. The van der Waals surface area contributed by atoms with Gasteiger partial charge in [0.25, 0.3) is 0 Å². The van der Waals surface area contributed by atoms with Crippen LogP contribution in [0.3, 0.4) is 0 Å². The van der Waals surface area contributed by atoms with Crippen molar-refractivity contribution in [2.45, 2.75) is 18.8 Å². The van der Waals surface area contributed by atoms with Gasteiger partial charge >= 0.3 is 0 Å². The Hall–Kier alpha value is 0.580. The van der Waals surface area contributed by atoms with Crippen molar-refractivity contribution in [1.29, 1.82) is 0 Å². The van der Waals surface area contributed by atoms with Crippen molar-refractivity contribution in [1.82, 2.24) is 0 Å². The molecule has 1 N–H and O–H groups in total. The number of thioether (sulfide) groups is 2. The van der Waals surface area contributed by atoms with Gasteiger partial charge in [0.05, 0.1) is 13.2 Å². The molecule has 0 aromatic heterocycles. The Bertz CT molecular complexity index is 186. The lowest BCUT2D eigenvalue weighted by atomic mass is 10.1. The topological polar surface area (TPSA) is 38.7 Å². The van der Waals surface area contributed by atoms with E-state index in [4.69, 9.17) is 14.6 Å². The highest BCUT2D eigenvalue weighted by Crippen LogP contribution is 2.34. The third-order valence-corrected chi connectivity index (χ3v) is 4.11. The van der Waals surface area contributed by atoms with E-state index in [-0.39, 0.29) is 12.7 Å². The van der Waals surface area contributed by atoms with Crippen LogP contribution in [0.5, 0.6) is 0 Å². The highest BCUT2D eigenvalue weighted by molar-refractivity contribution is 7.99. The second kappa shape index (κ2) is 6.35. The van der Waals surface area contributed by atoms with Gasteiger partial charge in [0.2, 0.25) is 0 Å². The van der Waals surface area contributed by atoms with Gasteiger partial charge in [0.1, 0.15) is 6.10 Å². The van der Waals surface area contributed by atoms with Gasteiger partial charge in [-0.05, 0) is 19.4 Å². The van der Waals surface area contributed by atoms with Gasteiger partial charge in [-0.15, -0.1) is 0 Å². The van der Waals surface area contributed by atoms with Gasteiger partial charge < -0.3 is 14.6 Å². The van der Waals surface area contributed by atoms with E-state index in [0.29, 0.717) is 12.5 Å². The Labute approximate surface area is 100 Å². The van der Waals surface area contributed by atoms with Gasteiger partial charge in [0, 0.05) is 17.4 Å². The average molecular weight is 252 g/mol. The minimum atomic E-state index is -0.514. The third kappa shape index (κ3) is 3.53. The van der Waals surface area contributed by atoms with Gasteiger partial charge in [0.15, 0.2) is 5.79 Å². The molecule has 0 spiro atoms. The molecule has 0 aromatic carbocycles. The molecule has 1 heterocycles. The third-order valence-electron chi connectivity index (χ3n) is 2.64. The van der Waals surface area contributed by atoms with E-state index in [1.54, 1.807) is 0 Å². The molecule has 0 aromatic rings. The van der Waals surface area contributed by atoms with E-state index < -0.39 is 5.79 Å². The van der Waals surface area contributed by atoms with Crippen molar-refractivity contribution in [3.63, 3.8) is 0 Å². The van der Waals surface area contributed by atoms with Crippen LogP contribution in [0, 0.1) is 5.92 Å². The summed E-state index contributed by atoms with van der Waals surface area (Å²) in [5.41, 5.74) is 0. The molecule has 1 saturated heterocycles. The summed E-state index contributed by atoms with van der Waals surface area (Å²) in [5.74, 6) is 1.91. The lowest BCUT2D eigenvalue weighted by Crippen LogP contribution is -2.39. The maximum absolute atomic E-state index is 9.02. The van der Waals surface area contributed by atoms with E-state index >= 15 is 0 Å². The fourth-order valence-electron chi connectivity index (χ4n) is 1.71. The molecule has 2 atom stereocenters. The van der Waals surface area contributed by atoms with Gasteiger partial charge in [-0.25, -0.2) is 0 Å². The zero-order chi connectivity index (χ0) is 11.3. The summed E-state index contributed by atoms with van der Waals surface area (Å²) in [5, 5.41) is 9.02. The lowest BCUT2D eigenvalue weighted by molar-refractivity contribution is -0.183. The van der Waals surface area contributed by atoms with E-state index in [1.807, 2.05) is 30.4 Å². The van der Waals surface area contributed by atoms with E-state index in [2.05, 4.69) is 12.5 Å². The van der Waals surface area contributed by atoms with Gasteiger partial charge in [-0.2, -0.15) is 23.5 Å². The van der Waals surface area contributed by atoms with Crippen LogP contribution in [0.4, 0.5) is 0 Å². The Morgan fingerprint density at radius 1 is 1.40 bits per heavy atom. The Morgan fingerprint density at radius 2 is 2.00 bits per heavy atom. The number of hydrogen-bond donors (Lipinski definition) is 1. The molecule has 15 heavy (non-hydrogen) atoms. The van der Waals surface area contributed by atoms with Crippen LogP contribution < -0.4 is 0 Å². The minimum absolute atomic E-state index is 0.0425. The van der Waals surface area contributed by atoms with Crippen molar-refractivity contribution in [2.24, 2.45) is 5.92 Å². The highest BCUT2D eigenvalue weighted by Gasteiger charge is 2.43.